The number of hydrogen-bond acceptors (Lipinski definition) is 5. The molecule has 86 valence electrons. The van der Waals surface area contributed by atoms with Gasteiger partial charge in [-0.15, -0.1) is 0 Å². The summed E-state index contributed by atoms with van der Waals surface area (Å²) in [4.78, 5) is 19.2. The molecular weight excluding hydrogens is 230 g/mol. The summed E-state index contributed by atoms with van der Waals surface area (Å²) in [5, 5.41) is 2.77. The number of hydrogen-bond donors (Lipinski definition) is 3. The molecule has 1 amide bonds. The van der Waals surface area contributed by atoms with E-state index in [2.05, 4.69) is 20.7 Å². The van der Waals surface area contributed by atoms with Gasteiger partial charge in [0, 0.05) is 6.42 Å². The minimum atomic E-state index is -0.0510. The first-order chi connectivity index (χ1) is 7.69. The predicted octanol–water partition coefficient (Wildman–Crippen LogP) is 1.15. The third kappa shape index (κ3) is 2.80. The number of rotatable bonds is 4. The van der Waals surface area contributed by atoms with Gasteiger partial charge in [-0.2, -0.15) is 4.98 Å². The van der Waals surface area contributed by atoms with Crippen LogP contribution in [0.2, 0.25) is 5.28 Å². The van der Waals surface area contributed by atoms with E-state index in [9.17, 15) is 4.79 Å². The monoisotopic (exact) mass is 241 g/mol. The van der Waals surface area contributed by atoms with Crippen LogP contribution in [0.3, 0.4) is 0 Å². The molecule has 0 bridgehead atoms. The van der Waals surface area contributed by atoms with Crippen LogP contribution in [0.5, 0.6) is 0 Å². The normalized spacial score (nSPS) is 14.6. The lowest BCUT2D eigenvalue weighted by molar-refractivity contribution is -0.116. The summed E-state index contributed by atoms with van der Waals surface area (Å²) < 4.78 is 0. The van der Waals surface area contributed by atoms with Crippen LogP contribution in [0.1, 0.15) is 19.3 Å². The molecule has 1 aromatic rings. The van der Waals surface area contributed by atoms with Crippen molar-refractivity contribution in [3.63, 3.8) is 0 Å². The van der Waals surface area contributed by atoms with Gasteiger partial charge in [0.05, 0.1) is 6.20 Å². The number of carbonyl (C=O) groups is 1. The predicted molar refractivity (Wildman–Crippen MR) is 60.8 cm³/mol. The van der Waals surface area contributed by atoms with Crippen molar-refractivity contribution in [1.29, 1.82) is 0 Å². The molecule has 0 spiro atoms. The van der Waals surface area contributed by atoms with E-state index in [4.69, 9.17) is 17.4 Å². The highest BCUT2D eigenvalue weighted by Crippen LogP contribution is 2.32. The van der Waals surface area contributed by atoms with Crippen molar-refractivity contribution in [1.82, 2.24) is 9.97 Å². The van der Waals surface area contributed by atoms with Crippen LogP contribution in [0.25, 0.3) is 0 Å². The molecule has 1 saturated carbocycles. The topological polar surface area (TPSA) is 92.9 Å². The van der Waals surface area contributed by atoms with E-state index in [0.717, 1.165) is 12.8 Å². The van der Waals surface area contributed by atoms with E-state index < -0.39 is 0 Å². The fourth-order valence-electron chi connectivity index (χ4n) is 1.35. The maximum atomic E-state index is 11.5. The van der Waals surface area contributed by atoms with Crippen molar-refractivity contribution < 1.29 is 4.79 Å². The number of nitrogens with zero attached hydrogens (tertiary/aromatic N) is 2. The molecule has 1 aliphatic carbocycles. The number of halogens is 1. The fraction of sp³-hybridized carbons (Fsp3) is 0.444. The molecular formula is C9H12ClN5O. The van der Waals surface area contributed by atoms with Crippen LogP contribution >= 0.6 is 11.6 Å². The van der Waals surface area contributed by atoms with E-state index in [0.29, 0.717) is 23.8 Å². The summed E-state index contributed by atoms with van der Waals surface area (Å²) in [6.07, 6.45) is 4.22. The molecule has 2 rings (SSSR count). The Balaban J connectivity index is 2.04. The molecule has 0 aliphatic heterocycles. The zero-order chi connectivity index (χ0) is 11.5. The minimum Gasteiger partial charge on any atom is -0.322 e. The van der Waals surface area contributed by atoms with Crippen molar-refractivity contribution in [2.24, 2.45) is 11.8 Å². The van der Waals surface area contributed by atoms with Crippen LogP contribution in [-0.2, 0) is 4.79 Å². The van der Waals surface area contributed by atoms with Crippen LogP contribution < -0.4 is 16.6 Å². The number of hydrazine groups is 1. The molecule has 0 unspecified atom stereocenters. The molecule has 4 N–H and O–H groups in total. The number of anilines is 2. The largest absolute Gasteiger partial charge is 0.322 e. The Hall–Kier alpha value is -1.40. The van der Waals surface area contributed by atoms with Gasteiger partial charge in [0.25, 0.3) is 0 Å². The number of amides is 1. The molecule has 0 atom stereocenters. The molecule has 0 saturated heterocycles. The summed E-state index contributed by atoms with van der Waals surface area (Å²) in [7, 11) is 0. The van der Waals surface area contributed by atoms with Crippen LogP contribution in [0.15, 0.2) is 6.20 Å². The van der Waals surface area contributed by atoms with Gasteiger partial charge in [0.2, 0.25) is 11.2 Å². The lowest BCUT2D eigenvalue weighted by Gasteiger charge is -2.08. The highest BCUT2D eigenvalue weighted by Gasteiger charge is 2.24. The Morgan fingerprint density at radius 1 is 1.62 bits per heavy atom. The smallest absolute Gasteiger partial charge is 0.224 e. The average molecular weight is 242 g/mol. The number of nitrogen functional groups attached to an aromatic ring is 1. The maximum Gasteiger partial charge on any atom is 0.224 e. The molecule has 1 aliphatic rings. The highest BCUT2D eigenvalue weighted by atomic mass is 35.5. The minimum absolute atomic E-state index is 0.0510. The Morgan fingerprint density at radius 3 is 3.00 bits per heavy atom. The Kier molecular flexibility index (Phi) is 3.21. The van der Waals surface area contributed by atoms with Crippen molar-refractivity contribution in [2.45, 2.75) is 19.3 Å². The Bertz CT molecular complexity index is 407. The third-order valence-electron chi connectivity index (χ3n) is 2.34. The standard InChI is InChI=1S/C9H12ClN5O/c10-9-12-4-6(8(14-9)15-11)13-7(16)3-5-1-2-5/h4-5H,1-3,11H2,(H,13,16)(H,12,14,15). The van der Waals surface area contributed by atoms with Crippen molar-refractivity contribution in [3.8, 4) is 0 Å². The van der Waals surface area contributed by atoms with Crippen molar-refractivity contribution in [2.75, 3.05) is 10.7 Å². The van der Waals surface area contributed by atoms with Gasteiger partial charge in [0.1, 0.15) is 5.69 Å². The molecule has 0 radical (unpaired) electrons. The van der Waals surface area contributed by atoms with E-state index in [1.54, 1.807) is 0 Å². The SMILES string of the molecule is NNc1nc(Cl)ncc1NC(=O)CC1CC1. The summed E-state index contributed by atoms with van der Waals surface area (Å²) in [6, 6.07) is 0. The zero-order valence-electron chi connectivity index (χ0n) is 8.53. The van der Waals surface area contributed by atoms with Gasteiger partial charge in [-0.1, -0.05) is 0 Å². The van der Waals surface area contributed by atoms with Gasteiger partial charge < -0.3 is 10.7 Å². The van der Waals surface area contributed by atoms with E-state index in [1.807, 2.05) is 0 Å². The van der Waals surface area contributed by atoms with Crippen molar-refractivity contribution >= 4 is 29.0 Å². The summed E-state index contributed by atoms with van der Waals surface area (Å²) in [5.41, 5.74) is 2.80. The van der Waals surface area contributed by atoms with Gasteiger partial charge in [-0.05, 0) is 30.4 Å². The summed E-state index contributed by atoms with van der Waals surface area (Å²) in [5.74, 6) is 6.05. The van der Waals surface area contributed by atoms with E-state index in [1.165, 1.54) is 6.20 Å². The van der Waals surface area contributed by atoms with Crippen LogP contribution in [0.4, 0.5) is 11.5 Å². The second kappa shape index (κ2) is 4.63. The zero-order valence-corrected chi connectivity index (χ0v) is 9.29. The number of aromatic nitrogens is 2. The first-order valence-electron chi connectivity index (χ1n) is 4.98. The first-order valence-corrected chi connectivity index (χ1v) is 5.36. The van der Waals surface area contributed by atoms with Crippen LogP contribution in [0, 0.1) is 5.92 Å². The lowest BCUT2D eigenvalue weighted by atomic mass is 10.3. The number of carbonyl (C=O) groups excluding carboxylic acids is 1. The lowest BCUT2D eigenvalue weighted by Crippen LogP contribution is -2.17. The second-order valence-electron chi connectivity index (χ2n) is 3.74. The maximum absolute atomic E-state index is 11.5. The fourth-order valence-corrected chi connectivity index (χ4v) is 1.48. The molecule has 16 heavy (non-hydrogen) atoms. The van der Waals surface area contributed by atoms with Gasteiger partial charge >= 0.3 is 0 Å². The van der Waals surface area contributed by atoms with Gasteiger partial charge in [-0.3, -0.25) is 4.79 Å². The van der Waals surface area contributed by atoms with E-state index >= 15 is 0 Å². The Morgan fingerprint density at radius 2 is 2.38 bits per heavy atom. The summed E-state index contributed by atoms with van der Waals surface area (Å²) >= 11 is 5.60. The van der Waals surface area contributed by atoms with Gasteiger partial charge in [-0.25, -0.2) is 10.8 Å². The second-order valence-corrected chi connectivity index (χ2v) is 4.08. The molecule has 7 heteroatoms. The highest BCUT2D eigenvalue weighted by molar-refractivity contribution is 6.28. The molecule has 1 fully saturated rings. The number of nitrogens with two attached hydrogens (primary N) is 1. The molecule has 0 aromatic carbocycles. The molecule has 1 aromatic heterocycles. The molecule has 1 heterocycles. The summed E-state index contributed by atoms with van der Waals surface area (Å²) in [6.45, 7) is 0. The quantitative estimate of drug-likeness (QED) is 0.418. The average Bonchev–Trinajstić information content (AvgIpc) is 3.04. The first kappa shape index (κ1) is 11.1. The third-order valence-corrected chi connectivity index (χ3v) is 2.52. The molecule has 6 nitrogen and oxygen atoms in total. The van der Waals surface area contributed by atoms with Gasteiger partial charge in [0.15, 0.2) is 5.82 Å². The Labute approximate surface area is 97.6 Å². The van der Waals surface area contributed by atoms with Crippen LogP contribution in [-0.4, -0.2) is 15.9 Å². The van der Waals surface area contributed by atoms with E-state index in [-0.39, 0.29) is 11.2 Å². The van der Waals surface area contributed by atoms with Crippen molar-refractivity contribution in [3.05, 3.63) is 11.5 Å². The number of nitrogens with one attached hydrogen (secondary N) is 2.